The van der Waals surface area contributed by atoms with Crippen molar-refractivity contribution in [3.63, 3.8) is 0 Å². The van der Waals surface area contributed by atoms with Gasteiger partial charge < -0.3 is 20.4 Å². The molecule has 0 atom stereocenters. The van der Waals surface area contributed by atoms with Gasteiger partial charge in [0.05, 0.1) is 11.0 Å². The van der Waals surface area contributed by atoms with Gasteiger partial charge in [0, 0.05) is 36.0 Å². The van der Waals surface area contributed by atoms with Gasteiger partial charge in [0.15, 0.2) is 0 Å². The Labute approximate surface area is 171 Å². The first-order chi connectivity index (χ1) is 14.1. The minimum absolute atomic E-state index is 0.264. The first-order valence-corrected chi connectivity index (χ1v) is 10.1. The van der Waals surface area contributed by atoms with Crippen molar-refractivity contribution in [1.29, 1.82) is 0 Å². The van der Waals surface area contributed by atoms with Crippen LogP contribution in [0.2, 0.25) is 0 Å². The topological polar surface area (TPSA) is 91.9 Å². The minimum atomic E-state index is -0.264. The van der Waals surface area contributed by atoms with E-state index in [0.717, 1.165) is 16.7 Å². The number of thioether (sulfide) groups is 1. The fourth-order valence-corrected chi connectivity index (χ4v) is 3.19. The van der Waals surface area contributed by atoms with E-state index in [2.05, 4.69) is 37.7 Å². The molecule has 1 amide bonds. The summed E-state index contributed by atoms with van der Waals surface area (Å²) in [5.41, 5.74) is 2.91. The molecule has 29 heavy (non-hydrogen) atoms. The number of aromatic nitrogens is 3. The van der Waals surface area contributed by atoms with Crippen molar-refractivity contribution in [2.45, 2.75) is 4.90 Å². The number of hydrogen-bond donors (Lipinski definition) is 3. The molecule has 0 bridgehead atoms. The Morgan fingerprint density at radius 1 is 1.07 bits per heavy atom. The highest BCUT2D eigenvalue weighted by Gasteiger charge is 2.09. The van der Waals surface area contributed by atoms with Crippen molar-refractivity contribution in [1.82, 2.24) is 20.3 Å². The third-order valence-corrected chi connectivity index (χ3v) is 4.98. The Morgan fingerprint density at radius 2 is 1.86 bits per heavy atom. The summed E-state index contributed by atoms with van der Waals surface area (Å²) in [7, 11) is 1.56. The molecule has 0 spiro atoms. The number of anilines is 2. The van der Waals surface area contributed by atoms with E-state index in [1.807, 2.05) is 36.6 Å². The molecule has 8 heteroatoms. The van der Waals surface area contributed by atoms with Crippen LogP contribution in [-0.2, 0) is 0 Å². The number of ether oxygens (including phenoxy) is 1. The van der Waals surface area contributed by atoms with Crippen LogP contribution >= 0.6 is 11.8 Å². The monoisotopic (exact) mass is 405 g/mol. The van der Waals surface area contributed by atoms with E-state index in [1.54, 1.807) is 30.9 Å². The minimum Gasteiger partial charge on any atom is -0.457 e. The number of amides is 1. The summed E-state index contributed by atoms with van der Waals surface area (Å²) in [5, 5.41) is 5.82. The maximum absolute atomic E-state index is 11.7. The lowest BCUT2D eigenvalue weighted by Gasteiger charge is -2.06. The van der Waals surface area contributed by atoms with Gasteiger partial charge >= 0.3 is 0 Å². The zero-order valence-electron chi connectivity index (χ0n) is 15.9. The van der Waals surface area contributed by atoms with Crippen LogP contribution in [0.1, 0.15) is 10.5 Å². The molecule has 2 aromatic carbocycles. The number of carbonyl (C=O) groups excluding carboxylic acids is 1. The van der Waals surface area contributed by atoms with Gasteiger partial charge in [-0.25, -0.2) is 4.98 Å². The smallest absolute Gasteiger partial charge is 0.269 e. The van der Waals surface area contributed by atoms with Crippen molar-refractivity contribution < 1.29 is 9.53 Å². The molecule has 0 aliphatic rings. The molecular formula is C21H19N5O2S. The lowest BCUT2D eigenvalue weighted by Crippen LogP contribution is -2.18. The maximum Gasteiger partial charge on any atom is 0.269 e. The normalized spacial score (nSPS) is 10.7. The largest absolute Gasteiger partial charge is 0.457 e. The lowest BCUT2D eigenvalue weighted by atomic mass is 10.3. The van der Waals surface area contributed by atoms with Gasteiger partial charge in [-0.3, -0.25) is 9.78 Å². The molecule has 2 heterocycles. The van der Waals surface area contributed by atoms with Crippen LogP contribution in [0.5, 0.6) is 11.5 Å². The number of imidazole rings is 1. The number of H-pyrrole nitrogens is 1. The predicted octanol–water partition coefficient (Wildman–Crippen LogP) is 4.58. The van der Waals surface area contributed by atoms with Crippen molar-refractivity contribution in [2.24, 2.45) is 0 Å². The Kier molecular flexibility index (Phi) is 5.35. The molecule has 4 aromatic rings. The van der Waals surface area contributed by atoms with Gasteiger partial charge in [-0.2, -0.15) is 0 Å². The van der Waals surface area contributed by atoms with Gasteiger partial charge in [-0.15, -0.1) is 11.8 Å². The van der Waals surface area contributed by atoms with Crippen molar-refractivity contribution in [3.05, 3.63) is 66.5 Å². The number of nitrogens with zero attached hydrogens (tertiary/aromatic N) is 2. The van der Waals surface area contributed by atoms with Crippen LogP contribution in [0.3, 0.4) is 0 Å². The molecular weight excluding hydrogens is 386 g/mol. The first kappa shape index (κ1) is 18.8. The van der Waals surface area contributed by atoms with Gasteiger partial charge in [-0.05, 0) is 48.7 Å². The lowest BCUT2D eigenvalue weighted by molar-refractivity contribution is 0.0958. The second-order valence-electron chi connectivity index (χ2n) is 6.18. The summed E-state index contributed by atoms with van der Waals surface area (Å²) in [4.78, 5) is 24.8. The summed E-state index contributed by atoms with van der Waals surface area (Å²) in [6, 6.07) is 17.0. The number of benzene rings is 2. The second kappa shape index (κ2) is 8.24. The third kappa shape index (κ3) is 4.33. The zero-order chi connectivity index (χ0) is 20.2. The van der Waals surface area contributed by atoms with Crippen LogP contribution in [0, 0.1) is 0 Å². The van der Waals surface area contributed by atoms with Crippen LogP contribution in [0.25, 0.3) is 11.0 Å². The highest BCUT2D eigenvalue weighted by atomic mass is 32.2. The third-order valence-electron chi connectivity index (χ3n) is 4.23. The van der Waals surface area contributed by atoms with E-state index in [1.165, 1.54) is 11.1 Å². The van der Waals surface area contributed by atoms with Crippen LogP contribution in [0.15, 0.2) is 65.7 Å². The number of hydrogen-bond acceptors (Lipinski definition) is 6. The summed E-state index contributed by atoms with van der Waals surface area (Å²) in [6.45, 7) is 0. The molecule has 2 aromatic heterocycles. The van der Waals surface area contributed by atoms with E-state index in [-0.39, 0.29) is 5.91 Å². The van der Waals surface area contributed by atoms with Gasteiger partial charge in [0.25, 0.3) is 5.91 Å². The molecule has 0 saturated carbocycles. The number of rotatable bonds is 6. The standard InChI is InChI=1S/C21H19N5O2S/c1-22-20(27)19-12-15(9-10-23-19)28-14-5-8-17-18(11-14)26-21(25-17)24-13-3-6-16(29-2)7-4-13/h3-12H,1-2H3,(H,22,27)(H2,24,25,26). The number of aromatic amines is 1. The summed E-state index contributed by atoms with van der Waals surface area (Å²) >= 11 is 1.70. The van der Waals surface area contributed by atoms with Crippen LogP contribution in [-0.4, -0.2) is 34.2 Å². The van der Waals surface area contributed by atoms with E-state index in [0.29, 0.717) is 23.1 Å². The fraction of sp³-hybridized carbons (Fsp3) is 0.0952. The van der Waals surface area contributed by atoms with E-state index in [4.69, 9.17) is 4.74 Å². The second-order valence-corrected chi connectivity index (χ2v) is 7.06. The van der Waals surface area contributed by atoms with Crippen molar-refractivity contribution >= 4 is 40.3 Å². The summed E-state index contributed by atoms with van der Waals surface area (Å²) in [5.74, 6) is 1.54. The molecule has 7 nitrogen and oxygen atoms in total. The highest BCUT2D eigenvalue weighted by Crippen LogP contribution is 2.27. The molecule has 0 saturated heterocycles. The molecule has 0 aliphatic carbocycles. The Balaban J connectivity index is 1.53. The first-order valence-electron chi connectivity index (χ1n) is 8.91. The van der Waals surface area contributed by atoms with Crippen LogP contribution < -0.4 is 15.4 Å². The van der Waals surface area contributed by atoms with Gasteiger partial charge in [0.2, 0.25) is 5.95 Å². The van der Waals surface area contributed by atoms with E-state index < -0.39 is 0 Å². The molecule has 3 N–H and O–H groups in total. The summed E-state index contributed by atoms with van der Waals surface area (Å²) < 4.78 is 5.88. The molecule has 0 aliphatic heterocycles. The van der Waals surface area contributed by atoms with Crippen molar-refractivity contribution in [3.8, 4) is 11.5 Å². The average molecular weight is 405 g/mol. The molecule has 4 rings (SSSR count). The van der Waals surface area contributed by atoms with E-state index >= 15 is 0 Å². The Bertz CT molecular complexity index is 1160. The van der Waals surface area contributed by atoms with Crippen molar-refractivity contribution in [2.75, 3.05) is 18.6 Å². The SMILES string of the molecule is CNC(=O)c1cc(Oc2ccc3[nH]c(Nc4ccc(SC)cc4)nc3c2)ccn1. The van der Waals surface area contributed by atoms with E-state index in [9.17, 15) is 4.79 Å². The quantitative estimate of drug-likeness (QED) is 0.407. The molecule has 0 radical (unpaired) electrons. The summed E-state index contributed by atoms with van der Waals surface area (Å²) in [6.07, 6.45) is 3.59. The number of carbonyl (C=O) groups is 1. The molecule has 0 unspecified atom stereocenters. The average Bonchev–Trinajstić information content (AvgIpc) is 3.15. The Hall–Kier alpha value is -3.52. The molecule has 0 fully saturated rings. The fourth-order valence-electron chi connectivity index (χ4n) is 2.78. The predicted molar refractivity (Wildman–Crippen MR) is 115 cm³/mol. The maximum atomic E-state index is 11.7. The Morgan fingerprint density at radius 3 is 2.62 bits per heavy atom. The van der Waals surface area contributed by atoms with Gasteiger partial charge in [0.1, 0.15) is 17.2 Å². The van der Waals surface area contributed by atoms with Gasteiger partial charge in [-0.1, -0.05) is 0 Å². The molecule has 146 valence electrons. The van der Waals surface area contributed by atoms with Crippen LogP contribution in [0.4, 0.5) is 11.6 Å². The number of pyridine rings is 1. The number of nitrogens with one attached hydrogen (secondary N) is 3. The highest BCUT2D eigenvalue weighted by molar-refractivity contribution is 7.98. The zero-order valence-corrected chi connectivity index (χ0v) is 16.7. The number of fused-ring (bicyclic) bond motifs is 1.